The lowest BCUT2D eigenvalue weighted by Gasteiger charge is -2.28. The zero-order valence-electron chi connectivity index (χ0n) is 12.2. The minimum Gasteiger partial charge on any atom is -0.352 e. The van der Waals surface area contributed by atoms with Gasteiger partial charge >= 0.3 is 0 Å². The number of carbonyl (C=O) groups is 1. The molecule has 0 unspecified atom stereocenters. The zero-order chi connectivity index (χ0) is 15.2. The second-order valence-corrected chi connectivity index (χ2v) is 5.60. The monoisotopic (exact) mass is 291 g/mol. The van der Waals surface area contributed by atoms with Crippen molar-refractivity contribution in [1.82, 2.24) is 10.2 Å². The number of amides is 1. The van der Waals surface area contributed by atoms with Gasteiger partial charge in [0.1, 0.15) is 0 Å². The van der Waals surface area contributed by atoms with Gasteiger partial charge < -0.3 is 10.2 Å². The first-order valence-corrected chi connectivity index (χ1v) is 7.27. The van der Waals surface area contributed by atoms with E-state index in [2.05, 4.69) is 17.3 Å². The van der Waals surface area contributed by atoms with Crippen LogP contribution in [0, 0.1) is 16.0 Å². The lowest BCUT2D eigenvalue weighted by molar-refractivity contribution is -0.384. The molecule has 1 aliphatic rings. The average molecular weight is 291 g/mol. The van der Waals surface area contributed by atoms with Crippen LogP contribution in [-0.4, -0.2) is 42.4 Å². The lowest BCUT2D eigenvalue weighted by atomic mass is 9.94. The van der Waals surface area contributed by atoms with Crippen molar-refractivity contribution in [2.45, 2.75) is 19.3 Å². The molecule has 1 fully saturated rings. The van der Waals surface area contributed by atoms with Crippen LogP contribution >= 0.6 is 0 Å². The lowest BCUT2D eigenvalue weighted by Crippen LogP contribution is -2.32. The van der Waals surface area contributed by atoms with Crippen molar-refractivity contribution in [2.75, 3.05) is 26.7 Å². The molecule has 1 aromatic rings. The molecule has 0 bridgehead atoms. The van der Waals surface area contributed by atoms with E-state index < -0.39 is 4.92 Å². The summed E-state index contributed by atoms with van der Waals surface area (Å²) >= 11 is 0. The van der Waals surface area contributed by atoms with E-state index in [0.29, 0.717) is 18.0 Å². The van der Waals surface area contributed by atoms with Crippen LogP contribution in [-0.2, 0) is 0 Å². The van der Waals surface area contributed by atoms with E-state index in [1.807, 2.05) is 0 Å². The maximum Gasteiger partial charge on any atom is 0.269 e. The van der Waals surface area contributed by atoms with Gasteiger partial charge in [-0.3, -0.25) is 14.9 Å². The molecule has 114 valence electrons. The van der Waals surface area contributed by atoms with Crippen LogP contribution in [0.3, 0.4) is 0 Å². The molecule has 0 aromatic heterocycles. The third kappa shape index (κ3) is 4.53. The number of piperidine rings is 1. The van der Waals surface area contributed by atoms with E-state index in [9.17, 15) is 14.9 Å². The van der Waals surface area contributed by atoms with Crippen molar-refractivity contribution >= 4 is 11.6 Å². The molecule has 1 amide bonds. The summed E-state index contributed by atoms with van der Waals surface area (Å²) in [5.41, 5.74) is 0.460. The van der Waals surface area contributed by atoms with Gasteiger partial charge in [0, 0.05) is 24.2 Å². The molecule has 0 spiro atoms. The van der Waals surface area contributed by atoms with Crippen molar-refractivity contribution in [1.29, 1.82) is 0 Å². The Labute approximate surface area is 124 Å². The maximum absolute atomic E-state index is 11.9. The van der Waals surface area contributed by atoms with Gasteiger partial charge in [0.25, 0.3) is 11.6 Å². The van der Waals surface area contributed by atoms with Gasteiger partial charge in [-0.15, -0.1) is 0 Å². The van der Waals surface area contributed by atoms with Crippen molar-refractivity contribution in [2.24, 2.45) is 5.92 Å². The minimum absolute atomic E-state index is 0.00197. The van der Waals surface area contributed by atoms with Crippen LogP contribution in [0.15, 0.2) is 24.3 Å². The summed E-state index contributed by atoms with van der Waals surface area (Å²) in [6, 6.07) is 5.68. The number of nitrogens with zero attached hydrogens (tertiary/aromatic N) is 2. The minimum atomic E-state index is -0.470. The van der Waals surface area contributed by atoms with Gasteiger partial charge in [0.05, 0.1) is 4.92 Å². The first-order chi connectivity index (χ1) is 10.1. The highest BCUT2D eigenvalue weighted by Gasteiger charge is 2.16. The molecular formula is C15H21N3O3. The van der Waals surface area contributed by atoms with Crippen molar-refractivity contribution in [3.05, 3.63) is 39.9 Å². The Hall–Kier alpha value is -1.95. The van der Waals surface area contributed by atoms with Crippen LogP contribution in [0.2, 0.25) is 0 Å². The molecule has 0 radical (unpaired) electrons. The Kier molecular flexibility index (Phi) is 5.27. The smallest absolute Gasteiger partial charge is 0.269 e. The van der Waals surface area contributed by atoms with Crippen LogP contribution < -0.4 is 5.32 Å². The number of hydrogen-bond acceptors (Lipinski definition) is 4. The topological polar surface area (TPSA) is 75.5 Å². The van der Waals surface area contributed by atoms with Crippen LogP contribution in [0.4, 0.5) is 5.69 Å². The summed E-state index contributed by atoms with van der Waals surface area (Å²) < 4.78 is 0. The fraction of sp³-hybridized carbons (Fsp3) is 0.533. The molecule has 0 atom stereocenters. The predicted octanol–water partition coefficient (Wildman–Crippen LogP) is 2.06. The summed E-state index contributed by atoms with van der Waals surface area (Å²) in [6.07, 6.45) is 3.36. The molecule has 6 nitrogen and oxygen atoms in total. The summed E-state index contributed by atoms with van der Waals surface area (Å²) in [5, 5.41) is 13.4. The van der Waals surface area contributed by atoms with E-state index in [0.717, 1.165) is 19.5 Å². The second kappa shape index (κ2) is 7.17. The van der Waals surface area contributed by atoms with Crippen molar-refractivity contribution in [3.8, 4) is 0 Å². The molecule has 1 aromatic carbocycles. The molecule has 0 aliphatic carbocycles. The Morgan fingerprint density at radius 1 is 1.33 bits per heavy atom. The number of hydrogen-bond donors (Lipinski definition) is 1. The Bertz CT molecular complexity index is 493. The van der Waals surface area contributed by atoms with Gasteiger partial charge in [-0.2, -0.15) is 0 Å². The highest BCUT2D eigenvalue weighted by molar-refractivity contribution is 5.94. The van der Waals surface area contributed by atoms with Crippen LogP contribution in [0.5, 0.6) is 0 Å². The summed E-state index contributed by atoms with van der Waals surface area (Å²) in [6.45, 7) is 2.91. The molecule has 1 saturated heterocycles. The number of benzene rings is 1. The summed E-state index contributed by atoms with van der Waals surface area (Å²) in [4.78, 5) is 24.3. The van der Waals surface area contributed by atoms with E-state index in [1.165, 1.54) is 37.1 Å². The third-order valence-corrected chi connectivity index (χ3v) is 4.02. The second-order valence-electron chi connectivity index (χ2n) is 5.60. The van der Waals surface area contributed by atoms with Gasteiger partial charge in [0.15, 0.2) is 0 Å². The molecule has 0 saturated carbocycles. The quantitative estimate of drug-likeness (QED) is 0.665. The first-order valence-electron chi connectivity index (χ1n) is 7.27. The number of carbonyl (C=O) groups excluding carboxylic acids is 1. The Balaban J connectivity index is 1.75. The first kappa shape index (κ1) is 15.4. The van der Waals surface area contributed by atoms with Crippen molar-refractivity contribution in [3.63, 3.8) is 0 Å². The predicted molar refractivity (Wildman–Crippen MR) is 80.3 cm³/mol. The summed E-state index contributed by atoms with van der Waals surface area (Å²) in [5.74, 6) is 0.510. The zero-order valence-corrected chi connectivity index (χ0v) is 12.2. The molecule has 1 aliphatic heterocycles. The highest BCUT2D eigenvalue weighted by atomic mass is 16.6. The maximum atomic E-state index is 11.9. The normalized spacial score (nSPS) is 16.6. The molecule has 1 N–H and O–H groups in total. The van der Waals surface area contributed by atoms with E-state index in [1.54, 1.807) is 0 Å². The molecule has 21 heavy (non-hydrogen) atoms. The van der Waals surface area contributed by atoms with Gasteiger partial charge in [-0.05, 0) is 57.5 Å². The highest BCUT2D eigenvalue weighted by Crippen LogP contribution is 2.18. The average Bonchev–Trinajstić information content (AvgIpc) is 2.49. The number of nitro groups is 1. The number of likely N-dealkylation sites (tertiary alicyclic amines) is 1. The number of nitro benzene ring substituents is 1. The third-order valence-electron chi connectivity index (χ3n) is 4.02. The molecule has 1 heterocycles. The van der Waals surface area contributed by atoms with Gasteiger partial charge in [0.2, 0.25) is 0 Å². The summed E-state index contributed by atoms with van der Waals surface area (Å²) in [7, 11) is 2.13. The molecular weight excluding hydrogens is 270 g/mol. The Morgan fingerprint density at radius 2 is 1.95 bits per heavy atom. The fourth-order valence-corrected chi connectivity index (χ4v) is 2.58. The molecule has 6 heteroatoms. The largest absolute Gasteiger partial charge is 0.352 e. The van der Waals surface area contributed by atoms with Crippen LogP contribution in [0.1, 0.15) is 29.6 Å². The van der Waals surface area contributed by atoms with Gasteiger partial charge in [-0.25, -0.2) is 0 Å². The molecule has 2 rings (SSSR count). The Morgan fingerprint density at radius 3 is 2.52 bits per heavy atom. The number of nitrogens with one attached hydrogen (secondary N) is 1. The van der Waals surface area contributed by atoms with E-state index in [-0.39, 0.29) is 11.6 Å². The fourth-order valence-electron chi connectivity index (χ4n) is 2.58. The number of non-ortho nitro benzene ring substituents is 1. The van der Waals surface area contributed by atoms with E-state index in [4.69, 9.17) is 0 Å². The SMILES string of the molecule is CN1CCC(CCNC(=O)c2ccc([N+](=O)[O-])cc2)CC1. The van der Waals surface area contributed by atoms with E-state index >= 15 is 0 Å². The van der Waals surface area contributed by atoms with Crippen molar-refractivity contribution < 1.29 is 9.72 Å². The number of rotatable bonds is 5. The van der Waals surface area contributed by atoms with Crippen LogP contribution in [0.25, 0.3) is 0 Å². The van der Waals surface area contributed by atoms with Gasteiger partial charge in [-0.1, -0.05) is 0 Å². The standard InChI is InChI=1S/C15H21N3O3/c1-17-10-7-12(8-11-17)6-9-16-15(19)13-2-4-14(5-3-13)18(20)21/h2-5,12H,6-11H2,1H3,(H,16,19).